The lowest BCUT2D eigenvalue weighted by atomic mass is 9.94. The number of nitrogens with one attached hydrogen (secondary N) is 2. The summed E-state index contributed by atoms with van der Waals surface area (Å²) in [7, 11) is 0. The van der Waals surface area contributed by atoms with Crippen molar-refractivity contribution in [1.82, 2.24) is 10.6 Å². The number of hydrogen-bond donors (Lipinski definition) is 7. The second kappa shape index (κ2) is 9.09. The first-order valence-electron chi connectivity index (χ1n) is 8.53. The van der Waals surface area contributed by atoms with Crippen LogP contribution in [0.1, 0.15) is 13.8 Å². The van der Waals surface area contributed by atoms with E-state index in [4.69, 9.17) is 19.9 Å². The molecule has 2 heterocycles. The maximum atomic E-state index is 11.7. The van der Waals surface area contributed by atoms with Gasteiger partial charge in [0.15, 0.2) is 18.7 Å². The number of amides is 3. The minimum atomic E-state index is -1.75. The van der Waals surface area contributed by atoms with Crippen molar-refractivity contribution in [3.8, 4) is 0 Å². The van der Waals surface area contributed by atoms with E-state index in [0.717, 1.165) is 6.92 Å². The summed E-state index contributed by atoms with van der Waals surface area (Å²) in [5.74, 6) is -1.67. The maximum absolute atomic E-state index is 11.7. The standard InChI is InChI=1S/C15H25N3O10/c1-4-6(17-3-19)8(21)10(23)15(26-4)28-11-9(22)7(18-5(2)20)14(25)27-12(11)13(16)24/h3-4,6-12,14-15,21-23,25H,1-2H3,(H2,16,24)(H,17,19)(H,18,20)/t4-,6-,7-,8+,9-,10-,11-,12+,14+,15+/m1/s1. The van der Waals surface area contributed by atoms with E-state index in [1.807, 2.05) is 0 Å². The molecule has 13 heteroatoms. The van der Waals surface area contributed by atoms with Crippen molar-refractivity contribution >= 4 is 18.2 Å². The molecule has 2 aliphatic heterocycles. The van der Waals surface area contributed by atoms with Gasteiger partial charge in [0, 0.05) is 6.92 Å². The zero-order chi connectivity index (χ0) is 21.2. The zero-order valence-electron chi connectivity index (χ0n) is 15.2. The number of primary amides is 1. The fraction of sp³-hybridized carbons (Fsp3) is 0.800. The lowest BCUT2D eigenvalue weighted by Crippen LogP contribution is -2.68. The molecule has 0 unspecified atom stereocenters. The maximum Gasteiger partial charge on any atom is 0.249 e. The third-order valence-electron chi connectivity index (χ3n) is 4.65. The molecule has 160 valence electrons. The fourth-order valence-electron chi connectivity index (χ4n) is 3.24. The Morgan fingerprint density at radius 2 is 1.71 bits per heavy atom. The molecule has 0 spiro atoms. The molecular weight excluding hydrogens is 382 g/mol. The lowest BCUT2D eigenvalue weighted by Gasteiger charge is -2.46. The van der Waals surface area contributed by atoms with Crippen LogP contribution in [0.3, 0.4) is 0 Å². The third-order valence-corrected chi connectivity index (χ3v) is 4.65. The molecular formula is C15H25N3O10. The van der Waals surface area contributed by atoms with E-state index in [2.05, 4.69) is 10.6 Å². The van der Waals surface area contributed by atoms with Gasteiger partial charge in [-0.1, -0.05) is 0 Å². The van der Waals surface area contributed by atoms with Gasteiger partial charge in [-0.15, -0.1) is 0 Å². The van der Waals surface area contributed by atoms with Gasteiger partial charge >= 0.3 is 0 Å². The van der Waals surface area contributed by atoms with E-state index in [0.29, 0.717) is 6.41 Å². The average Bonchev–Trinajstić information content (AvgIpc) is 2.61. The molecule has 10 atom stereocenters. The molecule has 0 bridgehead atoms. The summed E-state index contributed by atoms with van der Waals surface area (Å²) in [5.41, 5.74) is 5.23. The number of hydrogen-bond acceptors (Lipinski definition) is 10. The van der Waals surface area contributed by atoms with Crippen molar-refractivity contribution in [2.24, 2.45) is 5.73 Å². The van der Waals surface area contributed by atoms with Crippen LogP contribution in [0.25, 0.3) is 0 Å². The van der Waals surface area contributed by atoms with E-state index in [9.17, 15) is 34.8 Å². The van der Waals surface area contributed by atoms with Gasteiger partial charge in [0.05, 0.1) is 12.1 Å². The molecule has 0 radical (unpaired) electrons. The van der Waals surface area contributed by atoms with Gasteiger partial charge in [-0.3, -0.25) is 14.4 Å². The number of rotatable bonds is 6. The Hall–Kier alpha value is -1.87. The van der Waals surface area contributed by atoms with Crippen LogP contribution in [0.4, 0.5) is 0 Å². The molecule has 0 aromatic carbocycles. The third kappa shape index (κ3) is 4.57. The molecule has 2 saturated heterocycles. The summed E-state index contributed by atoms with van der Waals surface area (Å²) < 4.78 is 16.0. The molecule has 2 rings (SSSR count). The van der Waals surface area contributed by atoms with Crippen LogP contribution in [0.2, 0.25) is 0 Å². The smallest absolute Gasteiger partial charge is 0.249 e. The molecule has 2 fully saturated rings. The van der Waals surface area contributed by atoms with Crippen molar-refractivity contribution in [3.63, 3.8) is 0 Å². The van der Waals surface area contributed by atoms with Gasteiger partial charge in [0.25, 0.3) is 0 Å². The second-order valence-electron chi connectivity index (χ2n) is 6.67. The first kappa shape index (κ1) is 22.4. The number of aliphatic hydroxyl groups is 4. The summed E-state index contributed by atoms with van der Waals surface area (Å²) in [6.07, 6.45) is -11.8. The van der Waals surface area contributed by atoms with Crippen LogP contribution in [-0.4, -0.2) is 99.9 Å². The summed E-state index contributed by atoms with van der Waals surface area (Å²) >= 11 is 0. The van der Waals surface area contributed by atoms with Crippen LogP contribution < -0.4 is 16.4 Å². The summed E-state index contributed by atoms with van der Waals surface area (Å²) in [5, 5.41) is 45.4. The average molecular weight is 407 g/mol. The first-order valence-corrected chi connectivity index (χ1v) is 8.53. The first-order chi connectivity index (χ1) is 13.1. The van der Waals surface area contributed by atoms with Crippen molar-refractivity contribution in [3.05, 3.63) is 0 Å². The summed E-state index contributed by atoms with van der Waals surface area (Å²) in [6.45, 7) is 2.64. The Labute approximate surface area is 159 Å². The largest absolute Gasteiger partial charge is 0.388 e. The van der Waals surface area contributed by atoms with Gasteiger partial charge in [-0.25, -0.2) is 0 Å². The Morgan fingerprint density at radius 1 is 1.07 bits per heavy atom. The SMILES string of the molecule is CC(=O)N[C@@H]1[C@@H](O)[C@@H](O[C@@H]2O[C@H](C)[C@@H](NC=O)[C@H](O)[C@H]2O)[C@@H](C(N)=O)O[C@@H]1O. The van der Waals surface area contributed by atoms with Crippen LogP contribution in [0, 0.1) is 0 Å². The van der Waals surface area contributed by atoms with Gasteiger partial charge in [0.1, 0.15) is 30.5 Å². The van der Waals surface area contributed by atoms with E-state index < -0.39 is 73.1 Å². The minimum absolute atomic E-state index is 0.336. The van der Waals surface area contributed by atoms with Crippen LogP contribution in [-0.2, 0) is 28.6 Å². The molecule has 0 aliphatic carbocycles. The van der Waals surface area contributed by atoms with Gasteiger partial charge in [0.2, 0.25) is 18.2 Å². The van der Waals surface area contributed by atoms with Crippen LogP contribution >= 0.6 is 0 Å². The van der Waals surface area contributed by atoms with Gasteiger partial charge in [-0.2, -0.15) is 0 Å². The molecule has 28 heavy (non-hydrogen) atoms. The quantitative estimate of drug-likeness (QED) is 0.208. The predicted molar refractivity (Wildman–Crippen MR) is 87.9 cm³/mol. The Kier molecular flexibility index (Phi) is 7.28. The van der Waals surface area contributed by atoms with Gasteiger partial charge < -0.3 is 51.0 Å². The van der Waals surface area contributed by atoms with E-state index in [1.54, 1.807) is 0 Å². The molecule has 8 N–H and O–H groups in total. The number of aliphatic hydroxyl groups excluding tert-OH is 4. The van der Waals surface area contributed by atoms with Crippen molar-refractivity contribution in [1.29, 1.82) is 0 Å². The Morgan fingerprint density at radius 3 is 2.25 bits per heavy atom. The van der Waals surface area contributed by atoms with Crippen molar-refractivity contribution in [2.75, 3.05) is 0 Å². The lowest BCUT2D eigenvalue weighted by molar-refractivity contribution is -0.325. The minimum Gasteiger partial charge on any atom is -0.388 e. The normalized spacial score (nSPS) is 43.8. The number of nitrogens with two attached hydrogens (primary N) is 1. The van der Waals surface area contributed by atoms with E-state index in [1.165, 1.54) is 6.92 Å². The monoisotopic (exact) mass is 407 g/mol. The van der Waals surface area contributed by atoms with Gasteiger partial charge in [-0.05, 0) is 6.92 Å². The fourth-order valence-corrected chi connectivity index (χ4v) is 3.24. The highest BCUT2D eigenvalue weighted by molar-refractivity contribution is 5.80. The summed E-state index contributed by atoms with van der Waals surface area (Å²) in [6, 6.07) is -2.29. The Bertz CT molecular complexity index is 592. The van der Waals surface area contributed by atoms with Crippen molar-refractivity contribution in [2.45, 2.75) is 75.1 Å². The van der Waals surface area contributed by atoms with Crippen LogP contribution in [0.5, 0.6) is 0 Å². The highest BCUT2D eigenvalue weighted by Crippen LogP contribution is 2.28. The number of ether oxygens (including phenoxy) is 3. The van der Waals surface area contributed by atoms with E-state index >= 15 is 0 Å². The molecule has 2 aliphatic rings. The highest BCUT2D eigenvalue weighted by Gasteiger charge is 2.52. The predicted octanol–water partition coefficient (Wildman–Crippen LogP) is -4.98. The molecule has 13 nitrogen and oxygen atoms in total. The summed E-state index contributed by atoms with van der Waals surface area (Å²) in [4.78, 5) is 33.6. The highest BCUT2D eigenvalue weighted by atomic mass is 16.7. The van der Waals surface area contributed by atoms with Crippen molar-refractivity contribution < 1.29 is 49.0 Å². The topological polar surface area (TPSA) is 210 Å². The molecule has 3 amide bonds. The molecule has 0 aromatic heterocycles. The molecule has 0 aromatic rings. The number of carbonyl (C=O) groups is 3. The molecule has 0 saturated carbocycles. The van der Waals surface area contributed by atoms with Crippen LogP contribution in [0.15, 0.2) is 0 Å². The second-order valence-corrected chi connectivity index (χ2v) is 6.67. The Balaban J connectivity index is 2.21. The van der Waals surface area contributed by atoms with E-state index in [-0.39, 0.29) is 0 Å². The zero-order valence-corrected chi connectivity index (χ0v) is 15.2. The number of carbonyl (C=O) groups excluding carboxylic acids is 3.